The molecule has 0 aliphatic carbocycles. The van der Waals surface area contributed by atoms with Crippen LogP contribution in [0, 0.1) is 0 Å². The molecular formula is C12H14N2O3. The van der Waals surface area contributed by atoms with Gasteiger partial charge in [-0.3, -0.25) is 9.59 Å². The summed E-state index contributed by atoms with van der Waals surface area (Å²) >= 11 is 0. The van der Waals surface area contributed by atoms with E-state index in [4.69, 9.17) is 10.8 Å². The molecule has 1 aromatic rings. The topological polar surface area (TPSA) is 92.4 Å². The molecule has 0 radical (unpaired) electrons. The molecule has 1 aliphatic rings. The number of carboxylic acid groups (broad SMARTS) is 1. The summed E-state index contributed by atoms with van der Waals surface area (Å²) in [6, 6.07) is 4.58. The van der Waals surface area contributed by atoms with Crippen LogP contribution in [0.25, 0.3) is 0 Å². The number of anilines is 1. The van der Waals surface area contributed by atoms with Crippen LogP contribution in [0.3, 0.4) is 0 Å². The molecule has 17 heavy (non-hydrogen) atoms. The van der Waals surface area contributed by atoms with Gasteiger partial charge in [0.2, 0.25) is 5.91 Å². The lowest BCUT2D eigenvalue weighted by molar-refractivity contribution is -0.138. The van der Waals surface area contributed by atoms with Gasteiger partial charge in [0, 0.05) is 12.1 Å². The first-order valence-electron chi connectivity index (χ1n) is 5.47. The predicted octanol–water partition coefficient (Wildman–Crippen LogP) is 0.526. The molecule has 0 aromatic heterocycles. The molecule has 0 saturated heterocycles. The van der Waals surface area contributed by atoms with Crippen LogP contribution in [0.5, 0.6) is 0 Å². The quantitative estimate of drug-likeness (QED) is 0.711. The van der Waals surface area contributed by atoms with E-state index in [0.29, 0.717) is 12.8 Å². The SMILES string of the molecule is NC(Cc1cccc2c1CCC(=O)N2)C(=O)O. The molecule has 0 saturated carbocycles. The number of carbonyl (C=O) groups is 2. The van der Waals surface area contributed by atoms with Crippen molar-refractivity contribution in [1.82, 2.24) is 0 Å². The number of carboxylic acids is 1. The summed E-state index contributed by atoms with van der Waals surface area (Å²) in [6.07, 6.45) is 1.37. The van der Waals surface area contributed by atoms with Crippen molar-refractivity contribution >= 4 is 17.6 Å². The van der Waals surface area contributed by atoms with E-state index < -0.39 is 12.0 Å². The van der Waals surface area contributed by atoms with Gasteiger partial charge in [0.25, 0.3) is 0 Å². The van der Waals surface area contributed by atoms with Crippen LogP contribution in [-0.4, -0.2) is 23.0 Å². The number of hydrogen-bond donors (Lipinski definition) is 3. The molecule has 0 fully saturated rings. The number of amides is 1. The zero-order valence-electron chi connectivity index (χ0n) is 9.27. The summed E-state index contributed by atoms with van der Waals surface area (Å²) in [5, 5.41) is 11.6. The van der Waals surface area contributed by atoms with Crippen LogP contribution in [-0.2, 0) is 22.4 Å². The Morgan fingerprint density at radius 2 is 2.24 bits per heavy atom. The number of nitrogens with one attached hydrogen (secondary N) is 1. The van der Waals surface area contributed by atoms with E-state index in [1.165, 1.54) is 0 Å². The molecule has 5 nitrogen and oxygen atoms in total. The van der Waals surface area contributed by atoms with E-state index in [0.717, 1.165) is 16.8 Å². The van der Waals surface area contributed by atoms with Gasteiger partial charge in [0.05, 0.1) is 0 Å². The van der Waals surface area contributed by atoms with Crippen LogP contribution in [0.15, 0.2) is 18.2 Å². The van der Waals surface area contributed by atoms with Crippen LogP contribution in [0.1, 0.15) is 17.5 Å². The fourth-order valence-electron chi connectivity index (χ4n) is 2.01. The Morgan fingerprint density at radius 3 is 2.94 bits per heavy atom. The predicted molar refractivity (Wildman–Crippen MR) is 62.7 cm³/mol. The maximum atomic E-state index is 11.2. The molecule has 4 N–H and O–H groups in total. The van der Waals surface area contributed by atoms with E-state index in [1.54, 1.807) is 6.07 Å². The Kier molecular flexibility index (Phi) is 3.10. The number of benzene rings is 1. The smallest absolute Gasteiger partial charge is 0.320 e. The zero-order chi connectivity index (χ0) is 12.4. The largest absolute Gasteiger partial charge is 0.480 e. The number of fused-ring (bicyclic) bond motifs is 1. The zero-order valence-corrected chi connectivity index (χ0v) is 9.27. The summed E-state index contributed by atoms with van der Waals surface area (Å²) in [7, 11) is 0. The highest BCUT2D eigenvalue weighted by Crippen LogP contribution is 2.26. The van der Waals surface area contributed by atoms with Crippen molar-refractivity contribution < 1.29 is 14.7 Å². The van der Waals surface area contributed by atoms with Crippen molar-refractivity contribution in [3.63, 3.8) is 0 Å². The standard InChI is InChI=1S/C12H14N2O3/c13-9(12(16)17)6-7-2-1-3-10-8(7)4-5-11(15)14-10/h1-3,9H,4-6,13H2,(H,14,15)(H,16,17). The van der Waals surface area contributed by atoms with Gasteiger partial charge in [-0.1, -0.05) is 12.1 Å². The lowest BCUT2D eigenvalue weighted by Crippen LogP contribution is -2.33. The van der Waals surface area contributed by atoms with Crippen molar-refractivity contribution in [3.8, 4) is 0 Å². The summed E-state index contributed by atoms with van der Waals surface area (Å²) in [4.78, 5) is 22.0. The second-order valence-corrected chi connectivity index (χ2v) is 4.14. The third kappa shape index (κ3) is 2.45. The van der Waals surface area contributed by atoms with Crippen LogP contribution < -0.4 is 11.1 Å². The molecule has 1 heterocycles. The average Bonchev–Trinajstić information content (AvgIpc) is 2.28. The Labute approximate surface area is 98.6 Å². The molecule has 90 valence electrons. The third-order valence-corrected chi connectivity index (χ3v) is 2.91. The summed E-state index contributed by atoms with van der Waals surface area (Å²) in [5.74, 6) is -1.01. The third-order valence-electron chi connectivity index (χ3n) is 2.91. The maximum absolute atomic E-state index is 11.2. The van der Waals surface area contributed by atoms with Crippen LogP contribution in [0.4, 0.5) is 5.69 Å². The van der Waals surface area contributed by atoms with Gasteiger partial charge in [-0.15, -0.1) is 0 Å². The van der Waals surface area contributed by atoms with E-state index in [2.05, 4.69) is 5.32 Å². The number of carbonyl (C=O) groups excluding carboxylic acids is 1. The van der Waals surface area contributed by atoms with Crippen molar-refractivity contribution in [2.24, 2.45) is 5.73 Å². The molecule has 0 bridgehead atoms. The van der Waals surface area contributed by atoms with Gasteiger partial charge in [-0.2, -0.15) is 0 Å². The van der Waals surface area contributed by atoms with Crippen molar-refractivity contribution in [2.45, 2.75) is 25.3 Å². The summed E-state index contributed by atoms with van der Waals surface area (Å²) < 4.78 is 0. The fourth-order valence-corrected chi connectivity index (χ4v) is 2.01. The first-order chi connectivity index (χ1) is 8.08. The van der Waals surface area contributed by atoms with E-state index in [9.17, 15) is 9.59 Å². The molecule has 2 rings (SSSR count). The minimum Gasteiger partial charge on any atom is -0.480 e. The Balaban J connectivity index is 2.27. The van der Waals surface area contributed by atoms with Gasteiger partial charge in [0.1, 0.15) is 6.04 Å². The highest BCUT2D eigenvalue weighted by atomic mass is 16.4. The number of aliphatic carboxylic acids is 1. The van der Waals surface area contributed by atoms with E-state index in [-0.39, 0.29) is 12.3 Å². The fraction of sp³-hybridized carbons (Fsp3) is 0.333. The molecule has 5 heteroatoms. The lowest BCUT2D eigenvalue weighted by atomic mass is 9.93. The lowest BCUT2D eigenvalue weighted by Gasteiger charge is -2.20. The van der Waals surface area contributed by atoms with Gasteiger partial charge in [0.15, 0.2) is 0 Å². The van der Waals surface area contributed by atoms with Gasteiger partial charge >= 0.3 is 5.97 Å². The number of nitrogens with two attached hydrogens (primary N) is 1. The highest BCUT2D eigenvalue weighted by Gasteiger charge is 2.20. The van der Waals surface area contributed by atoms with Crippen molar-refractivity contribution in [3.05, 3.63) is 29.3 Å². The van der Waals surface area contributed by atoms with Crippen LogP contribution in [0.2, 0.25) is 0 Å². The summed E-state index contributed by atoms with van der Waals surface area (Å²) in [5.41, 5.74) is 8.20. The molecule has 1 aromatic carbocycles. The van der Waals surface area contributed by atoms with E-state index in [1.807, 2.05) is 12.1 Å². The Bertz CT molecular complexity index is 471. The van der Waals surface area contributed by atoms with Crippen LogP contribution >= 0.6 is 0 Å². The van der Waals surface area contributed by atoms with Gasteiger partial charge < -0.3 is 16.2 Å². The molecule has 1 unspecified atom stereocenters. The molecule has 1 aliphatic heterocycles. The summed E-state index contributed by atoms with van der Waals surface area (Å²) in [6.45, 7) is 0. The van der Waals surface area contributed by atoms with E-state index >= 15 is 0 Å². The Morgan fingerprint density at radius 1 is 1.47 bits per heavy atom. The second kappa shape index (κ2) is 4.55. The minimum atomic E-state index is -1.01. The van der Waals surface area contributed by atoms with Gasteiger partial charge in [-0.25, -0.2) is 0 Å². The number of hydrogen-bond acceptors (Lipinski definition) is 3. The molecular weight excluding hydrogens is 220 g/mol. The minimum absolute atomic E-state index is 0.00261. The first kappa shape index (κ1) is 11.6. The normalized spacial score (nSPS) is 15.9. The molecule has 1 amide bonds. The first-order valence-corrected chi connectivity index (χ1v) is 5.47. The van der Waals surface area contributed by atoms with Crippen molar-refractivity contribution in [1.29, 1.82) is 0 Å². The molecule has 1 atom stereocenters. The monoisotopic (exact) mass is 234 g/mol. The molecule has 0 spiro atoms. The number of rotatable bonds is 3. The van der Waals surface area contributed by atoms with Crippen molar-refractivity contribution in [2.75, 3.05) is 5.32 Å². The maximum Gasteiger partial charge on any atom is 0.320 e. The average molecular weight is 234 g/mol. The highest BCUT2D eigenvalue weighted by molar-refractivity contribution is 5.94. The second-order valence-electron chi connectivity index (χ2n) is 4.14. The van der Waals surface area contributed by atoms with Gasteiger partial charge in [-0.05, 0) is 30.0 Å². The Hall–Kier alpha value is -1.88.